The summed E-state index contributed by atoms with van der Waals surface area (Å²) in [4.78, 5) is 7.65. The van der Waals surface area contributed by atoms with Gasteiger partial charge in [0.1, 0.15) is 5.82 Å². The molecule has 6 heteroatoms. The molecule has 22 heavy (non-hydrogen) atoms. The number of H-pyrrole nitrogens is 1. The van der Waals surface area contributed by atoms with Crippen molar-refractivity contribution in [2.24, 2.45) is 0 Å². The minimum Gasteiger partial charge on any atom is -0.348 e. The van der Waals surface area contributed by atoms with E-state index in [0.29, 0.717) is 37.8 Å². The third-order valence-corrected chi connectivity index (χ3v) is 4.59. The van der Waals surface area contributed by atoms with Gasteiger partial charge in [0, 0.05) is 28.2 Å². The highest BCUT2D eigenvalue weighted by Gasteiger charge is 2.13. The molecule has 0 atom stereocenters. The molecule has 0 unspecified atom stereocenters. The SMILES string of the molecule is Clc1cccc(Cl)c1Cc1nc(-c2c(Cl)cccc2Cl)c[nH]1. The first-order valence-electron chi connectivity index (χ1n) is 6.48. The van der Waals surface area contributed by atoms with Crippen LogP contribution >= 0.6 is 46.4 Å². The zero-order chi connectivity index (χ0) is 15.7. The van der Waals surface area contributed by atoms with Crippen molar-refractivity contribution in [3.8, 4) is 11.3 Å². The molecule has 0 radical (unpaired) electrons. The van der Waals surface area contributed by atoms with Gasteiger partial charge in [-0.15, -0.1) is 0 Å². The monoisotopic (exact) mass is 370 g/mol. The van der Waals surface area contributed by atoms with Gasteiger partial charge in [-0.2, -0.15) is 0 Å². The van der Waals surface area contributed by atoms with Crippen molar-refractivity contribution in [2.45, 2.75) is 6.42 Å². The van der Waals surface area contributed by atoms with Gasteiger partial charge in [0.2, 0.25) is 0 Å². The van der Waals surface area contributed by atoms with Crippen molar-refractivity contribution in [1.29, 1.82) is 0 Å². The summed E-state index contributed by atoms with van der Waals surface area (Å²) in [5.74, 6) is 0.737. The molecule has 0 amide bonds. The summed E-state index contributed by atoms with van der Waals surface area (Å²) in [6, 6.07) is 10.8. The maximum absolute atomic E-state index is 6.20. The molecule has 0 bridgehead atoms. The maximum Gasteiger partial charge on any atom is 0.111 e. The lowest BCUT2D eigenvalue weighted by Crippen LogP contribution is -1.93. The Hall–Kier alpha value is -1.19. The summed E-state index contributed by atoms with van der Waals surface area (Å²) in [5.41, 5.74) is 2.23. The second kappa shape index (κ2) is 6.51. The highest BCUT2D eigenvalue weighted by Crippen LogP contribution is 2.34. The van der Waals surface area contributed by atoms with Gasteiger partial charge in [0.15, 0.2) is 0 Å². The second-order valence-corrected chi connectivity index (χ2v) is 6.33. The van der Waals surface area contributed by atoms with Gasteiger partial charge in [-0.1, -0.05) is 58.5 Å². The first kappa shape index (κ1) is 15.7. The average Bonchev–Trinajstić information content (AvgIpc) is 2.91. The number of nitrogens with one attached hydrogen (secondary N) is 1. The molecule has 1 aromatic heterocycles. The fourth-order valence-corrected chi connectivity index (χ4v) is 3.31. The molecule has 0 saturated carbocycles. The quantitative estimate of drug-likeness (QED) is 0.576. The average molecular weight is 372 g/mol. The maximum atomic E-state index is 6.20. The number of aromatic nitrogens is 2. The Labute approximate surface area is 148 Å². The third-order valence-electron chi connectivity index (χ3n) is 3.26. The van der Waals surface area contributed by atoms with Gasteiger partial charge in [-0.05, 0) is 29.8 Å². The number of aromatic amines is 1. The van der Waals surface area contributed by atoms with Crippen LogP contribution in [-0.2, 0) is 6.42 Å². The van der Waals surface area contributed by atoms with Crippen molar-refractivity contribution in [3.05, 3.63) is 74.1 Å². The molecule has 1 heterocycles. The lowest BCUT2D eigenvalue weighted by atomic mass is 10.1. The van der Waals surface area contributed by atoms with Crippen LogP contribution in [-0.4, -0.2) is 9.97 Å². The lowest BCUT2D eigenvalue weighted by molar-refractivity contribution is 1.03. The van der Waals surface area contributed by atoms with Gasteiger partial charge >= 0.3 is 0 Å². The number of hydrogen-bond donors (Lipinski definition) is 1. The van der Waals surface area contributed by atoms with E-state index in [9.17, 15) is 0 Å². The standard InChI is InChI=1S/C16H10Cl4N2/c17-10-3-1-4-11(18)9(10)7-15-21-8-14(22-15)16-12(19)5-2-6-13(16)20/h1-6,8H,7H2,(H,21,22). The summed E-state index contributed by atoms with van der Waals surface area (Å²) in [5, 5.41) is 2.34. The minimum absolute atomic E-state index is 0.501. The molecule has 0 spiro atoms. The van der Waals surface area contributed by atoms with E-state index in [1.54, 1.807) is 36.5 Å². The Morgan fingerprint density at radius 3 is 1.95 bits per heavy atom. The normalized spacial score (nSPS) is 10.9. The zero-order valence-electron chi connectivity index (χ0n) is 11.2. The Kier molecular flexibility index (Phi) is 4.65. The van der Waals surface area contributed by atoms with Crippen LogP contribution in [0.1, 0.15) is 11.4 Å². The molecular formula is C16H10Cl4N2. The summed E-state index contributed by atoms with van der Waals surface area (Å²) in [6.45, 7) is 0. The van der Waals surface area contributed by atoms with Crippen molar-refractivity contribution in [2.75, 3.05) is 0 Å². The molecule has 3 rings (SSSR count). The van der Waals surface area contributed by atoms with Gasteiger partial charge in [0.05, 0.1) is 15.7 Å². The molecular weight excluding hydrogens is 362 g/mol. The number of imidazole rings is 1. The number of halogens is 4. The molecule has 2 aromatic carbocycles. The molecule has 0 aliphatic heterocycles. The van der Waals surface area contributed by atoms with E-state index in [1.807, 2.05) is 6.07 Å². The van der Waals surface area contributed by atoms with E-state index in [2.05, 4.69) is 9.97 Å². The molecule has 2 nitrogen and oxygen atoms in total. The predicted molar refractivity (Wildman–Crippen MR) is 93.3 cm³/mol. The minimum atomic E-state index is 0.501. The number of hydrogen-bond acceptors (Lipinski definition) is 1. The van der Waals surface area contributed by atoms with Crippen molar-refractivity contribution in [1.82, 2.24) is 9.97 Å². The van der Waals surface area contributed by atoms with Gasteiger partial charge in [-0.25, -0.2) is 4.98 Å². The molecule has 3 aromatic rings. The number of rotatable bonds is 3. The van der Waals surface area contributed by atoms with Crippen LogP contribution in [0.2, 0.25) is 20.1 Å². The van der Waals surface area contributed by atoms with Crippen LogP contribution in [0.15, 0.2) is 42.6 Å². The van der Waals surface area contributed by atoms with Gasteiger partial charge < -0.3 is 4.98 Å². The van der Waals surface area contributed by atoms with Crippen LogP contribution < -0.4 is 0 Å². The van der Waals surface area contributed by atoms with E-state index < -0.39 is 0 Å². The molecule has 1 N–H and O–H groups in total. The van der Waals surface area contributed by atoms with Crippen LogP contribution in [0, 0.1) is 0 Å². The summed E-state index contributed by atoms with van der Waals surface area (Å²) < 4.78 is 0. The largest absolute Gasteiger partial charge is 0.348 e. The fourth-order valence-electron chi connectivity index (χ4n) is 2.19. The topological polar surface area (TPSA) is 28.7 Å². The Balaban J connectivity index is 1.95. The van der Waals surface area contributed by atoms with Crippen LogP contribution in [0.3, 0.4) is 0 Å². The Bertz CT molecular complexity index is 786. The van der Waals surface area contributed by atoms with Crippen LogP contribution in [0.25, 0.3) is 11.3 Å². The lowest BCUT2D eigenvalue weighted by Gasteiger charge is -2.05. The Morgan fingerprint density at radius 2 is 1.36 bits per heavy atom. The van der Waals surface area contributed by atoms with Crippen LogP contribution in [0.5, 0.6) is 0 Å². The summed E-state index contributed by atoms with van der Waals surface area (Å²) in [7, 11) is 0. The van der Waals surface area contributed by atoms with Crippen molar-refractivity contribution >= 4 is 46.4 Å². The fraction of sp³-hybridized carbons (Fsp3) is 0.0625. The van der Waals surface area contributed by atoms with Crippen molar-refractivity contribution in [3.63, 3.8) is 0 Å². The molecule has 112 valence electrons. The van der Waals surface area contributed by atoms with E-state index in [1.165, 1.54) is 0 Å². The number of benzene rings is 2. The van der Waals surface area contributed by atoms with E-state index >= 15 is 0 Å². The van der Waals surface area contributed by atoms with Crippen LogP contribution in [0.4, 0.5) is 0 Å². The van der Waals surface area contributed by atoms with E-state index in [4.69, 9.17) is 46.4 Å². The highest BCUT2D eigenvalue weighted by molar-refractivity contribution is 6.39. The Morgan fingerprint density at radius 1 is 0.818 bits per heavy atom. The molecule has 0 aliphatic rings. The zero-order valence-corrected chi connectivity index (χ0v) is 14.2. The van der Waals surface area contributed by atoms with Gasteiger partial charge in [-0.3, -0.25) is 0 Å². The first-order chi connectivity index (χ1) is 10.6. The molecule has 0 saturated heterocycles. The first-order valence-corrected chi connectivity index (χ1v) is 7.99. The van der Waals surface area contributed by atoms with Crippen molar-refractivity contribution < 1.29 is 0 Å². The second-order valence-electron chi connectivity index (χ2n) is 4.71. The van der Waals surface area contributed by atoms with E-state index in [0.717, 1.165) is 11.4 Å². The van der Waals surface area contributed by atoms with Gasteiger partial charge in [0.25, 0.3) is 0 Å². The summed E-state index contributed by atoms with van der Waals surface area (Å²) >= 11 is 24.8. The predicted octanol–water partition coefficient (Wildman–Crippen LogP) is 6.28. The molecule has 0 fully saturated rings. The third kappa shape index (κ3) is 3.11. The smallest absolute Gasteiger partial charge is 0.111 e. The molecule has 0 aliphatic carbocycles. The highest BCUT2D eigenvalue weighted by atomic mass is 35.5. The van der Waals surface area contributed by atoms with E-state index in [-0.39, 0.29) is 0 Å². The number of nitrogens with zero attached hydrogens (tertiary/aromatic N) is 1. The summed E-state index contributed by atoms with van der Waals surface area (Å²) in [6.07, 6.45) is 2.27.